The van der Waals surface area contributed by atoms with Crippen molar-refractivity contribution >= 4 is 39.8 Å². The van der Waals surface area contributed by atoms with Gasteiger partial charge in [0.2, 0.25) is 0 Å². The summed E-state index contributed by atoms with van der Waals surface area (Å²) < 4.78 is 47.1. The van der Waals surface area contributed by atoms with Crippen LogP contribution < -0.4 is 0 Å². The SMILES string of the molecule is C=C(c1ccc(Cl)c(Cc2cc3c(C)cc(C(F)(F)F)cc3n2C)c1Cl)N1CCOCC1. The molecule has 0 saturated carbocycles. The Morgan fingerprint density at radius 1 is 1.12 bits per heavy atom. The van der Waals surface area contributed by atoms with Crippen LogP contribution >= 0.6 is 23.2 Å². The number of alkyl halides is 3. The normalized spacial score (nSPS) is 14.9. The Kier molecular flexibility index (Phi) is 6.23. The molecule has 0 unspecified atom stereocenters. The summed E-state index contributed by atoms with van der Waals surface area (Å²) in [5.74, 6) is 0. The number of aryl methyl sites for hydroxylation is 2. The molecule has 0 atom stereocenters. The van der Waals surface area contributed by atoms with Crippen LogP contribution in [0.3, 0.4) is 0 Å². The molecule has 0 bridgehead atoms. The van der Waals surface area contributed by atoms with Gasteiger partial charge in [-0.15, -0.1) is 0 Å². The van der Waals surface area contributed by atoms with Crippen molar-refractivity contribution in [2.45, 2.75) is 19.5 Å². The Balaban J connectivity index is 1.73. The maximum Gasteiger partial charge on any atom is 0.416 e. The van der Waals surface area contributed by atoms with Crippen molar-refractivity contribution in [3.05, 3.63) is 74.9 Å². The maximum atomic E-state index is 13.3. The molecule has 0 aliphatic carbocycles. The molecule has 1 aliphatic rings. The minimum Gasteiger partial charge on any atom is -0.378 e. The number of morpholine rings is 1. The molecule has 32 heavy (non-hydrogen) atoms. The highest BCUT2D eigenvalue weighted by Crippen LogP contribution is 2.37. The lowest BCUT2D eigenvalue weighted by molar-refractivity contribution is -0.137. The third kappa shape index (κ3) is 4.24. The number of benzene rings is 2. The van der Waals surface area contributed by atoms with Crippen LogP contribution in [-0.4, -0.2) is 35.8 Å². The maximum absolute atomic E-state index is 13.3. The van der Waals surface area contributed by atoms with Crippen LogP contribution in [-0.2, 0) is 24.4 Å². The van der Waals surface area contributed by atoms with Crippen LogP contribution in [0.1, 0.15) is 27.9 Å². The van der Waals surface area contributed by atoms with E-state index in [1.165, 1.54) is 12.1 Å². The number of halogens is 5. The second kappa shape index (κ2) is 8.65. The van der Waals surface area contributed by atoms with Gasteiger partial charge in [-0.05, 0) is 48.4 Å². The molecular weight excluding hydrogens is 460 g/mol. The summed E-state index contributed by atoms with van der Waals surface area (Å²) in [6.45, 7) is 8.63. The molecule has 2 aromatic carbocycles. The van der Waals surface area contributed by atoms with Crippen LogP contribution in [0.25, 0.3) is 16.6 Å². The number of hydrogen-bond donors (Lipinski definition) is 0. The molecule has 1 fully saturated rings. The van der Waals surface area contributed by atoms with Gasteiger partial charge in [0.15, 0.2) is 0 Å². The highest BCUT2D eigenvalue weighted by Gasteiger charge is 2.31. The Bertz CT molecular complexity index is 1190. The van der Waals surface area contributed by atoms with Gasteiger partial charge in [-0.2, -0.15) is 13.2 Å². The van der Waals surface area contributed by atoms with E-state index in [0.717, 1.165) is 41.0 Å². The van der Waals surface area contributed by atoms with Crippen molar-refractivity contribution in [3.8, 4) is 0 Å². The van der Waals surface area contributed by atoms with E-state index in [1.54, 1.807) is 24.6 Å². The molecule has 4 rings (SSSR count). The molecule has 8 heteroatoms. The fourth-order valence-corrected chi connectivity index (χ4v) is 4.78. The van der Waals surface area contributed by atoms with E-state index in [2.05, 4.69) is 11.5 Å². The van der Waals surface area contributed by atoms with E-state index >= 15 is 0 Å². The van der Waals surface area contributed by atoms with Gasteiger partial charge in [-0.25, -0.2) is 0 Å². The molecule has 0 N–H and O–H groups in total. The van der Waals surface area contributed by atoms with Gasteiger partial charge in [0, 0.05) is 59.4 Å². The molecule has 1 aromatic heterocycles. The van der Waals surface area contributed by atoms with Crippen molar-refractivity contribution < 1.29 is 17.9 Å². The lowest BCUT2D eigenvalue weighted by atomic mass is 10.0. The lowest BCUT2D eigenvalue weighted by Gasteiger charge is -2.31. The molecule has 1 saturated heterocycles. The van der Waals surface area contributed by atoms with Crippen LogP contribution in [0.15, 0.2) is 36.9 Å². The number of nitrogens with zero attached hydrogens (tertiary/aromatic N) is 2. The molecule has 2 heterocycles. The summed E-state index contributed by atoms with van der Waals surface area (Å²) in [5, 5.41) is 1.79. The van der Waals surface area contributed by atoms with Crippen molar-refractivity contribution in [1.82, 2.24) is 9.47 Å². The largest absolute Gasteiger partial charge is 0.416 e. The van der Waals surface area contributed by atoms with E-state index in [4.69, 9.17) is 27.9 Å². The molecule has 170 valence electrons. The molecule has 3 nitrogen and oxygen atoms in total. The van der Waals surface area contributed by atoms with Gasteiger partial charge < -0.3 is 14.2 Å². The number of hydrogen-bond acceptors (Lipinski definition) is 2. The van der Waals surface area contributed by atoms with Crippen molar-refractivity contribution in [2.24, 2.45) is 7.05 Å². The van der Waals surface area contributed by atoms with E-state index in [-0.39, 0.29) is 0 Å². The number of aromatic nitrogens is 1. The third-order valence-electron chi connectivity index (χ3n) is 6.04. The third-order valence-corrected chi connectivity index (χ3v) is 6.83. The second-order valence-electron chi connectivity index (χ2n) is 8.03. The highest BCUT2D eigenvalue weighted by molar-refractivity contribution is 6.37. The summed E-state index contributed by atoms with van der Waals surface area (Å²) >= 11 is 13.3. The smallest absolute Gasteiger partial charge is 0.378 e. The van der Waals surface area contributed by atoms with Gasteiger partial charge in [-0.3, -0.25) is 0 Å². The van der Waals surface area contributed by atoms with Gasteiger partial charge in [-0.1, -0.05) is 29.8 Å². The standard InChI is InChI=1S/C24H23Cl2F3N2O/c1-14-10-16(24(27,28)29)11-22-19(14)12-17(30(22)3)13-20-21(25)5-4-18(23(20)26)15(2)31-6-8-32-9-7-31/h4-5,10-12H,2,6-9,13H2,1,3H3. The lowest BCUT2D eigenvalue weighted by Crippen LogP contribution is -2.34. The number of ether oxygens (including phenoxy) is 1. The highest BCUT2D eigenvalue weighted by atomic mass is 35.5. The second-order valence-corrected chi connectivity index (χ2v) is 8.81. The Labute approximate surface area is 195 Å². The number of fused-ring (bicyclic) bond motifs is 1. The summed E-state index contributed by atoms with van der Waals surface area (Å²) in [6.07, 6.45) is -4.02. The predicted octanol–water partition coefficient (Wildman–Crippen LogP) is 6.71. The monoisotopic (exact) mass is 482 g/mol. The molecular formula is C24H23Cl2F3N2O. The zero-order valence-electron chi connectivity index (χ0n) is 17.8. The van der Waals surface area contributed by atoms with Crippen LogP contribution in [0.2, 0.25) is 10.0 Å². The van der Waals surface area contributed by atoms with Crippen molar-refractivity contribution in [2.75, 3.05) is 26.3 Å². The Morgan fingerprint density at radius 2 is 1.81 bits per heavy atom. The summed E-state index contributed by atoms with van der Waals surface area (Å²) in [7, 11) is 1.76. The van der Waals surface area contributed by atoms with E-state index < -0.39 is 11.7 Å². The molecule has 0 radical (unpaired) electrons. The van der Waals surface area contributed by atoms with Gasteiger partial charge in [0.1, 0.15) is 0 Å². The van der Waals surface area contributed by atoms with Crippen LogP contribution in [0, 0.1) is 6.92 Å². The average molecular weight is 483 g/mol. The Morgan fingerprint density at radius 3 is 2.47 bits per heavy atom. The zero-order valence-corrected chi connectivity index (χ0v) is 19.3. The van der Waals surface area contributed by atoms with Gasteiger partial charge in [0.25, 0.3) is 0 Å². The molecule has 3 aromatic rings. The first-order valence-corrected chi connectivity index (χ1v) is 11.0. The molecule has 0 amide bonds. The topological polar surface area (TPSA) is 17.4 Å². The summed E-state index contributed by atoms with van der Waals surface area (Å²) in [6, 6.07) is 7.91. The minimum absolute atomic E-state index is 0.383. The van der Waals surface area contributed by atoms with Gasteiger partial charge >= 0.3 is 6.18 Å². The van der Waals surface area contributed by atoms with E-state index in [9.17, 15) is 13.2 Å². The van der Waals surface area contributed by atoms with E-state index in [0.29, 0.717) is 40.8 Å². The summed E-state index contributed by atoms with van der Waals surface area (Å²) in [4.78, 5) is 2.13. The molecule has 0 spiro atoms. The quantitative estimate of drug-likeness (QED) is 0.411. The van der Waals surface area contributed by atoms with Crippen LogP contribution in [0.4, 0.5) is 13.2 Å². The van der Waals surface area contributed by atoms with Crippen LogP contribution in [0.5, 0.6) is 0 Å². The zero-order chi connectivity index (χ0) is 23.2. The fraction of sp³-hybridized carbons (Fsp3) is 0.333. The van der Waals surface area contributed by atoms with Crippen molar-refractivity contribution in [3.63, 3.8) is 0 Å². The first kappa shape index (κ1) is 23.0. The first-order valence-electron chi connectivity index (χ1n) is 10.2. The average Bonchev–Trinajstić information content (AvgIpc) is 3.07. The predicted molar refractivity (Wildman–Crippen MR) is 123 cm³/mol. The summed E-state index contributed by atoms with van der Waals surface area (Å²) in [5.41, 5.74) is 3.58. The molecule has 1 aliphatic heterocycles. The van der Waals surface area contributed by atoms with Crippen molar-refractivity contribution in [1.29, 1.82) is 0 Å². The first-order chi connectivity index (χ1) is 15.1. The van der Waals surface area contributed by atoms with E-state index in [1.807, 2.05) is 12.1 Å². The Hall–Kier alpha value is -2.15. The number of rotatable bonds is 4. The fourth-order valence-electron chi connectivity index (χ4n) is 4.16. The minimum atomic E-state index is -4.40. The van der Waals surface area contributed by atoms with Gasteiger partial charge in [0.05, 0.1) is 23.8 Å².